The number of nitrogens with one attached hydrogen (secondary N) is 2. The molecule has 0 bridgehead atoms. The summed E-state index contributed by atoms with van der Waals surface area (Å²) < 4.78 is 76.5. The molecule has 0 saturated heterocycles. The van der Waals surface area contributed by atoms with Crippen LogP contribution in [-0.2, 0) is 55.4 Å². The number of benzene rings is 5. The summed E-state index contributed by atoms with van der Waals surface area (Å²) in [4.78, 5) is 30.7. The Morgan fingerprint density at radius 3 is 2.08 bits per heavy atom. The largest absolute Gasteiger partial charge is 0.497 e. The number of amides is 1. The SMILES string of the molecule is CCOC(=O)[C@@H](CSCc1cccc(OCc2cn(C(CO)CF)nn2)c1)NC(=O)Cn1cc(COc2ccc3nc(S(=O)(=O)NC(c4ccccc4)(c4ccc(OC)cc4)c4ccc(OC)cc4)sc3c2)nn1. The molecule has 0 saturated carbocycles. The lowest BCUT2D eigenvalue weighted by Crippen LogP contribution is -2.47. The van der Waals surface area contributed by atoms with Crippen molar-refractivity contribution in [3.05, 3.63) is 167 Å². The lowest BCUT2D eigenvalue weighted by molar-refractivity contribution is -0.146. The molecular formula is C51H52FN9O10S3. The lowest BCUT2D eigenvalue weighted by Gasteiger charge is -2.36. The van der Waals surface area contributed by atoms with Gasteiger partial charge in [0.2, 0.25) is 10.2 Å². The maximum absolute atomic E-state index is 14.6. The molecule has 3 aromatic heterocycles. The minimum atomic E-state index is -4.32. The number of sulfonamides is 1. The van der Waals surface area contributed by atoms with Crippen molar-refractivity contribution in [2.75, 3.05) is 39.9 Å². The van der Waals surface area contributed by atoms with Crippen LogP contribution >= 0.6 is 23.1 Å². The topological polar surface area (TPSA) is 233 Å². The lowest BCUT2D eigenvalue weighted by atomic mass is 9.78. The highest BCUT2D eigenvalue weighted by Gasteiger charge is 2.42. The van der Waals surface area contributed by atoms with E-state index in [9.17, 15) is 27.5 Å². The molecule has 0 radical (unpaired) electrons. The zero-order valence-corrected chi connectivity index (χ0v) is 42.8. The Balaban J connectivity index is 0.884. The third-order valence-corrected chi connectivity index (χ3v) is 15.4. The number of hydrogen-bond donors (Lipinski definition) is 3. The van der Waals surface area contributed by atoms with Crippen molar-refractivity contribution in [3.63, 3.8) is 0 Å². The van der Waals surface area contributed by atoms with Crippen LogP contribution in [0.5, 0.6) is 23.0 Å². The van der Waals surface area contributed by atoms with Crippen LogP contribution in [0.25, 0.3) is 10.2 Å². The average molecular weight is 1070 g/mol. The molecule has 0 fully saturated rings. The summed E-state index contributed by atoms with van der Waals surface area (Å²) in [7, 11) is -1.19. The first-order valence-electron chi connectivity index (χ1n) is 23.1. The van der Waals surface area contributed by atoms with E-state index in [2.05, 4.69) is 35.6 Å². The molecule has 0 spiro atoms. The number of aromatic nitrogens is 7. The Morgan fingerprint density at radius 2 is 1.43 bits per heavy atom. The number of carbonyl (C=O) groups is 2. The van der Waals surface area contributed by atoms with Crippen molar-refractivity contribution in [2.45, 2.75) is 54.4 Å². The summed E-state index contributed by atoms with van der Waals surface area (Å²) >= 11 is 2.40. The minimum Gasteiger partial charge on any atom is -0.497 e. The summed E-state index contributed by atoms with van der Waals surface area (Å²) in [6.45, 7) is 0.438. The van der Waals surface area contributed by atoms with E-state index in [1.54, 1.807) is 75.9 Å². The number of methoxy groups -OCH3 is 2. The fourth-order valence-corrected chi connectivity index (χ4v) is 11.4. The molecule has 19 nitrogen and oxygen atoms in total. The molecule has 74 heavy (non-hydrogen) atoms. The van der Waals surface area contributed by atoms with E-state index in [0.717, 1.165) is 16.9 Å². The highest BCUT2D eigenvalue weighted by molar-refractivity contribution is 7.98. The van der Waals surface area contributed by atoms with Crippen molar-refractivity contribution < 1.29 is 51.2 Å². The van der Waals surface area contributed by atoms with Crippen molar-refractivity contribution in [1.82, 2.24) is 45.0 Å². The van der Waals surface area contributed by atoms with Gasteiger partial charge in [0.25, 0.3) is 10.0 Å². The number of ether oxygens (including phenoxy) is 5. The molecule has 5 aromatic carbocycles. The predicted octanol–water partition coefficient (Wildman–Crippen LogP) is 6.41. The van der Waals surface area contributed by atoms with Crippen LogP contribution in [0.4, 0.5) is 4.39 Å². The van der Waals surface area contributed by atoms with E-state index in [1.165, 1.54) is 27.3 Å². The minimum absolute atomic E-state index is 0.0244. The Morgan fingerprint density at radius 1 is 0.797 bits per heavy atom. The molecule has 8 rings (SSSR count). The zero-order chi connectivity index (χ0) is 52.1. The highest BCUT2D eigenvalue weighted by Crippen LogP contribution is 2.41. The van der Waals surface area contributed by atoms with Crippen LogP contribution in [0.3, 0.4) is 0 Å². The van der Waals surface area contributed by atoms with E-state index < -0.39 is 52.8 Å². The first kappa shape index (κ1) is 52.9. The van der Waals surface area contributed by atoms with Crippen LogP contribution in [0.1, 0.15) is 46.6 Å². The first-order chi connectivity index (χ1) is 35.9. The molecule has 3 N–H and O–H groups in total. The number of hydrogen-bond acceptors (Lipinski definition) is 17. The fourth-order valence-electron chi connectivity index (χ4n) is 7.76. The number of thiazole rings is 1. The normalized spacial score (nSPS) is 12.5. The number of esters is 1. The van der Waals surface area contributed by atoms with Crippen LogP contribution in [0.2, 0.25) is 0 Å². The molecule has 0 aliphatic carbocycles. The number of thioether (sulfide) groups is 1. The molecule has 386 valence electrons. The van der Waals surface area contributed by atoms with E-state index in [1.807, 2.05) is 72.8 Å². The number of carbonyl (C=O) groups excluding carboxylic acids is 2. The van der Waals surface area contributed by atoms with Gasteiger partial charge in [-0.15, -0.1) is 21.5 Å². The van der Waals surface area contributed by atoms with E-state index in [-0.39, 0.29) is 36.5 Å². The summed E-state index contributed by atoms with van der Waals surface area (Å²) in [5, 5.41) is 28.1. The Kier molecular flexibility index (Phi) is 17.5. The van der Waals surface area contributed by atoms with Gasteiger partial charge in [-0.1, -0.05) is 77.2 Å². The second kappa shape index (κ2) is 24.5. The molecule has 0 aliphatic heterocycles. The van der Waals surface area contributed by atoms with Gasteiger partial charge in [0, 0.05) is 11.5 Å². The predicted molar refractivity (Wildman–Crippen MR) is 274 cm³/mol. The van der Waals surface area contributed by atoms with Gasteiger partial charge in [-0.3, -0.25) is 4.79 Å². The molecular weight excluding hydrogens is 1010 g/mol. The van der Waals surface area contributed by atoms with Gasteiger partial charge in [-0.25, -0.2) is 32.0 Å². The number of alkyl halides is 1. The van der Waals surface area contributed by atoms with Gasteiger partial charge >= 0.3 is 5.97 Å². The second-order valence-electron chi connectivity index (χ2n) is 16.5. The summed E-state index contributed by atoms with van der Waals surface area (Å²) in [6, 6.07) is 34.4. The van der Waals surface area contributed by atoms with Crippen LogP contribution < -0.4 is 29.0 Å². The third kappa shape index (κ3) is 12.8. The zero-order valence-electron chi connectivity index (χ0n) is 40.4. The van der Waals surface area contributed by atoms with E-state index >= 15 is 0 Å². The number of fused-ring (bicyclic) bond motifs is 1. The molecule has 0 aliphatic rings. The van der Waals surface area contributed by atoms with Crippen molar-refractivity contribution in [2.24, 2.45) is 0 Å². The number of halogens is 1. The van der Waals surface area contributed by atoms with Crippen LogP contribution in [0, 0.1) is 0 Å². The van der Waals surface area contributed by atoms with Crippen LogP contribution in [0.15, 0.2) is 138 Å². The Hall–Kier alpha value is -7.44. The van der Waals surface area contributed by atoms with E-state index in [4.69, 9.17) is 23.7 Å². The summed E-state index contributed by atoms with van der Waals surface area (Å²) in [6.07, 6.45) is 3.07. The van der Waals surface area contributed by atoms with Gasteiger partial charge in [0.05, 0.1) is 50.0 Å². The molecule has 23 heteroatoms. The molecule has 8 aromatic rings. The van der Waals surface area contributed by atoms with Gasteiger partial charge in [-0.05, 0) is 83.8 Å². The van der Waals surface area contributed by atoms with Gasteiger partial charge in [0.1, 0.15) is 78.4 Å². The molecule has 1 unspecified atom stereocenters. The van der Waals surface area contributed by atoms with E-state index in [0.29, 0.717) is 67.0 Å². The first-order valence-corrected chi connectivity index (χ1v) is 26.5. The Labute approximate surface area is 434 Å². The highest BCUT2D eigenvalue weighted by atomic mass is 32.2. The van der Waals surface area contributed by atoms with Crippen molar-refractivity contribution in [3.8, 4) is 23.0 Å². The Bertz CT molecular complexity index is 3200. The number of nitrogens with zero attached hydrogens (tertiary/aromatic N) is 7. The standard InChI is InChI=1S/C51H52FN9O10S3/c1-4-69-49(64)46(33-72-32-34-9-8-12-43(23-34)70-31-39-27-61(59-56-39)40(25-52)29-62)53-48(63)28-60-26-38(55-58-60)30-71-44-21-22-45-47(24-44)73-50(54-45)74(65,66)57-51(35-10-6-5-7-11-35,36-13-17-41(67-2)18-14-36)37-15-19-42(68-3)20-16-37/h5-24,26-27,40,46,57,62H,4,25,28-33H2,1-3H3,(H,53,63)/t40?,46-/m1/s1. The molecule has 2 atom stereocenters. The van der Waals surface area contributed by atoms with Gasteiger partial charge in [-0.2, -0.15) is 16.5 Å². The average Bonchev–Trinajstić information content (AvgIpc) is 4.21. The second-order valence-corrected chi connectivity index (χ2v) is 20.4. The molecule has 1 amide bonds. The molecule has 3 heterocycles. The quantitative estimate of drug-likeness (QED) is 0.0393. The monoisotopic (exact) mass is 1070 g/mol. The maximum atomic E-state index is 14.6. The van der Waals surface area contributed by atoms with Crippen molar-refractivity contribution in [1.29, 1.82) is 0 Å². The fraction of sp³-hybridized carbons (Fsp3) is 0.275. The van der Waals surface area contributed by atoms with Gasteiger partial charge in [0.15, 0.2) is 0 Å². The van der Waals surface area contributed by atoms with Crippen LogP contribution in [-0.4, -0.2) is 106 Å². The summed E-state index contributed by atoms with van der Waals surface area (Å²) in [5.74, 6) is 1.83. The number of aliphatic hydroxyl groups excluding tert-OH is 1. The third-order valence-electron chi connectivity index (χ3n) is 11.5. The summed E-state index contributed by atoms with van der Waals surface area (Å²) in [5.41, 5.74) is 2.76. The number of rotatable bonds is 26. The maximum Gasteiger partial charge on any atom is 0.329 e. The van der Waals surface area contributed by atoms with Gasteiger partial charge < -0.3 is 34.1 Å². The smallest absolute Gasteiger partial charge is 0.329 e. The van der Waals surface area contributed by atoms with Crippen molar-refractivity contribution >= 4 is 55.2 Å². The number of aliphatic hydroxyl groups is 1.